The Bertz CT molecular complexity index is 1640. The van der Waals surface area contributed by atoms with Crippen LogP contribution in [0.3, 0.4) is 0 Å². The molecule has 0 bridgehead atoms. The fourth-order valence-electron chi connectivity index (χ4n) is 7.13. The van der Waals surface area contributed by atoms with Crippen LogP contribution in [-0.2, 0) is 0 Å². The highest BCUT2D eigenvalue weighted by atomic mass is 19.4. The van der Waals surface area contributed by atoms with Gasteiger partial charge < -0.3 is 34.8 Å². The Morgan fingerprint density at radius 2 is 1.58 bits per heavy atom. The van der Waals surface area contributed by atoms with E-state index in [9.17, 15) is 18.0 Å². The maximum atomic E-state index is 13.2. The number of piperidine rings is 2. The van der Waals surface area contributed by atoms with Crippen LogP contribution in [0.2, 0.25) is 0 Å². The van der Waals surface area contributed by atoms with Crippen LogP contribution in [-0.4, -0.2) is 129 Å². The van der Waals surface area contributed by atoms with Crippen LogP contribution in [0.1, 0.15) is 38.5 Å². The minimum Gasteiger partial charge on any atom is -0.490 e. The Morgan fingerprint density at radius 1 is 0.887 bits per heavy atom. The number of fused-ring (bicyclic) bond motifs is 1. The highest BCUT2D eigenvalue weighted by Gasteiger charge is 2.31. The molecule has 0 saturated carbocycles. The van der Waals surface area contributed by atoms with Crippen LogP contribution in [0, 0.1) is 5.92 Å². The van der Waals surface area contributed by atoms with Gasteiger partial charge in [-0.1, -0.05) is 6.42 Å². The number of carbonyl (C=O) groups is 1. The van der Waals surface area contributed by atoms with E-state index in [0.29, 0.717) is 46.2 Å². The van der Waals surface area contributed by atoms with Gasteiger partial charge >= 0.3 is 12.4 Å². The zero-order valence-corrected chi connectivity index (χ0v) is 30.5. The van der Waals surface area contributed by atoms with E-state index in [0.717, 1.165) is 84.8 Å². The van der Waals surface area contributed by atoms with Crippen molar-refractivity contribution in [3.63, 3.8) is 0 Å². The van der Waals surface area contributed by atoms with Crippen molar-refractivity contribution >= 4 is 40.2 Å². The van der Waals surface area contributed by atoms with Crippen LogP contribution in [0.15, 0.2) is 53.8 Å². The molecule has 0 spiro atoms. The van der Waals surface area contributed by atoms with Gasteiger partial charge in [0.1, 0.15) is 18.1 Å². The predicted molar refractivity (Wildman–Crippen MR) is 202 cm³/mol. The van der Waals surface area contributed by atoms with Crippen LogP contribution in [0.4, 0.5) is 35.0 Å². The smallest absolute Gasteiger partial charge is 0.490 e. The molecule has 288 valence electrons. The summed E-state index contributed by atoms with van der Waals surface area (Å²) >= 11 is 0. The van der Waals surface area contributed by atoms with Gasteiger partial charge in [-0.15, -0.1) is 13.2 Å². The van der Waals surface area contributed by atoms with Gasteiger partial charge in [-0.2, -0.15) is 5.10 Å². The molecule has 4 heterocycles. The number of nitrogens with one attached hydrogen (secondary N) is 3. The van der Waals surface area contributed by atoms with Crippen LogP contribution in [0.5, 0.6) is 11.5 Å². The third-order valence-corrected chi connectivity index (χ3v) is 10.2. The van der Waals surface area contributed by atoms with E-state index in [1.54, 1.807) is 24.4 Å². The maximum absolute atomic E-state index is 13.2. The van der Waals surface area contributed by atoms with Gasteiger partial charge in [-0.3, -0.25) is 9.88 Å². The Morgan fingerprint density at radius 3 is 2.30 bits per heavy atom. The summed E-state index contributed by atoms with van der Waals surface area (Å²) in [6.07, 6.45) is 5.50. The standard InChI is InChI=1S/C38H52F3N9O3/c1-47-20-22-50(23-21-47)17-5-16-49-18-11-29(12-19-49)28-43-46-37(51)45-35-26-32-33(44-30-6-8-31(9-7-30)53-38(39,40)41)10-13-42-34(32)27-36(35)52-25-24-48-14-3-2-4-15-48/h6-10,13,26-29H,2-5,11-12,14-25H2,1H3,(H,42,44)(H2,45,46,51)/b43-28+. The number of piperazine rings is 1. The normalized spacial score (nSPS) is 18.7. The van der Waals surface area contributed by atoms with Crippen LogP contribution >= 0.6 is 0 Å². The van der Waals surface area contributed by atoms with Crippen molar-refractivity contribution in [2.24, 2.45) is 11.0 Å². The lowest BCUT2D eigenvalue weighted by Gasteiger charge is -2.34. The van der Waals surface area contributed by atoms with E-state index in [1.165, 1.54) is 49.9 Å². The number of likely N-dealkylation sites (N-methyl/N-ethyl adjacent to an activating group) is 1. The largest absolute Gasteiger partial charge is 0.573 e. The summed E-state index contributed by atoms with van der Waals surface area (Å²) in [4.78, 5) is 27.5. The molecule has 3 aliphatic rings. The Kier molecular flexibility index (Phi) is 13.6. The number of ether oxygens (including phenoxy) is 2. The second-order valence-electron chi connectivity index (χ2n) is 14.2. The zero-order valence-electron chi connectivity index (χ0n) is 30.5. The Balaban J connectivity index is 1.05. The molecule has 2 aromatic carbocycles. The van der Waals surface area contributed by atoms with Crippen molar-refractivity contribution in [3.8, 4) is 11.5 Å². The monoisotopic (exact) mass is 739 g/mol. The van der Waals surface area contributed by atoms with Gasteiger partial charge in [0, 0.05) is 68.0 Å². The molecule has 1 aromatic heterocycles. The van der Waals surface area contributed by atoms with Crippen LogP contribution in [0.25, 0.3) is 10.9 Å². The molecule has 3 saturated heterocycles. The summed E-state index contributed by atoms with van der Waals surface area (Å²) in [7, 11) is 2.19. The van der Waals surface area contributed by atoms with Gasteiger partial charge in [-0.05, 0) is 121 Å². The van der Waals surface area contributed by atoms with E-state index in [4.69, 9.17) is 4.74 Å². The number of likely N-dealkylation sites (tertiary alicyclic amines) is 2. The number of carbonyl (C=O) groups excluding carboxylic acids is 1. The SMILES string of the molecule is CN1CCN(CCCN2CCC(/C=N/NC(=O)Nc3cc4c(Nc5ccc(OC(F)(F)F)cc5)ccnc4cc3OCCN3CCCCC3)CC2)CC1. The number of hydrogen-bond acceptors (Lipinski definition) is 10. The first-order valence-corrected chi connectivity index (χ1v) is 18.8. The Labute approximate surface area is 309 Å². The van der Waals surface area contributed by atoms with Crippen molar-refractivity contribution in [1.29, 1.82) is 0 Å². The van der Waals surface area contributed by atoms with E-state index < -0.39 is 12.4 Å². The van der Waals surface area contributed by atoms with E-state index in [1.807, 2.05) is 6.21 Å². The van der Waals surface area contributed by atoms with Gasteiger partial charge in [0.15, 0.2) is 0 Å². The summed E-state index contributed by atoms with van der Waals surface area (Å²) in [5.74, 6) is 0.464. The fraction of sp³-hybridized carbons (Fsp3) is 0.553. The third-order valence-electron chi connectivity index (χ3n) is 10.2. The summed E-state index contributed by atoms with van der Waals surface area (Å²) < 4.78 is 48.2. The molecule has 0 unspecified atom stereocenters. The van der Waals surface area contributed by atoms with Crippen molar-refractivity contribution in [2.75, 3.05) is 96.3 Å². The number of aromatic nitrogens is 1. The van der Waals surface area contributed by atoms with Crippen LogP contribution < -0.4 is 25.5 Å². The number of hydrogen-bond donors (Lipinski definition) is 3. The molecule has 3 aromatic rings. The van der Waals surface area contributed by atoms with Gasteiger partial charge in [0.25, 0.3) is 0 Å². The first kappa shape index (κ1) is 38.5. The third kappa shape index (κ3) is 12.2. The average Bonchev–Trinajstić information content (AvgIpc) is 3.14. The molecular formula is C38H52F3N9O3. The van der Waals surface area contributed by atoms with Crippen molar-refractivity contribution in [1.82, 2.24) is 30.0 Å². The number of alkyl halides is 3. The highest BCUT2D eigenvalue weighted by molar-refractivity contribution is 6.00. The first-order chi connectivity index (χ1) is 25.7. The number of pyridine rings is 1. The molecule has 2 amide bonds. The minimum atomic E-state index is -4.77. The van der Waals surface area contributed by atoms with Gasteiger partial charge in [0.05, 0.1) is 11.2 Å². The number of benzene rings is 2. The van der Waals surface area contributed by atoms with E-state index in [-0.39, 0.29) is 5.75 Å². The van der Waals surface area contributed by atoms with Gasteiger partial charge in [0.2, 0.25) is 0 Å². The molecule has 0 radical (unpaired) electrons. The maximum Gasteiger partial charge on any atom is 0.573 e. The van der Waals surface area contributed by atoms with Crippen molar-refractivity contribution in [2.45, 2.75) is 44.9 Å². The molecule has 53 heavy (non-hydrogen) atoms. The Hall–Kier alpha value is -4.18. The lowest BCUT2D eigenvalue weighted by atomic mass is 9.98. The lowest BCUT2D eigenvalue weighted by Crippen LogP contribution is -2.45. The summed E-state index contributed by atoms with van der Waals surface area (Å²) in [6, 6.07) is 10.3. The zero-order chi connectivity index (χ0) is 37.0. The number of halogens is 3. The molecule has 3 N–H and O–H groups in total. The van der Waals surface area contributed by atoms with Crippen molar-refractivity contribution < 1.29 is 27.4 Å². The molecule has 12 nitrogen and oxygen atoms in total. The fourth-order valence-corrected chi connectivity index (χ4v) is 7.13. The summed E-state index contributed by atoms with van der Waals surface area (Å²) in [5.41, 5.74) is 4.89. The second-order valence-corrected chi connectivity index (χ2v) is 14.2. The molecule has 0 atom stereocenters. The number of urea groups is 1. The second kappa shape index (κ2) is 18.7. The average molecular weight is 740 g/mol. The topological polar surface area (TPSA) is 110 Å². The summed E-state index contributed by atoms with van der Waals surface area (Å²) in [6.45, 7) is 12.2. The minimum absolute atomic E-state index is 0.298. The molecule has 6 rings (SSSR count). The van der Waals surface area contributed by atoms with E-state index in [2.05, 4.69) is 57.5 Å². The number of amides is 2. The first-order valence-electron chi connectivity index (χ1n) is 18.8. The predicted octanol–water partition coefficient (Wildman–Crippen LogP) is 6.20. The number of nitrogens with zero attached hydrogens (tertiary/aromatic N) is 6. The van der Waals surface area contributed by atoms with Gasteiger partial charge in [-0.25, -0.2) is 10.2 Å². The number of anilines is 3. The quantitative estimate of drug-likeness (QED) is 0.132. The molecule has 0 aliphatic carbocycles. The van der Waals surface area contributed by atoms with Crippen molar-refractivity contribution in [3.05, 3.63) is 48.7 Å². The van der Waals surface area contributed by atoms with E-state index >= 15 is 0 Å². The summed E-state index contributed by atoms with van der Waals surface area (Å²) in [5, 5.41) is 11.1. The number of rotatable bonds is 14. The lowest BCUT2D eigenvalue weighted by molar-refractivity contribution is -0.274. The molecule has 15 heteroatoms. The molecule has 3 fully saturated rings. The highest BCUT2D eigenvalue weighted by Crippen LogP contribution is 2.35. The molecular weight excluding hydrogens is 687 g/mol. The number of hydrazone groups is 1. The molecule has 3 aliphatic heterocycles.